The molecule has 0 spiro atoms. The second-order valence-electron chi connectivity index (χ2n) is 4.34. The summed E-state index contributed by atoms with van der Waals surface area (Å²) in [6.07, 6.45) is 4.56. The molecular formula is C12H20N2O. The van der Waals surface area contributed by atoms with Crippen molar-refractivity contribution in [2.45, 2.75) is 32.9 Å². The molecule has 15 heavy (non-hydrogen) atoms. The van der Waals surface area contributed by atoms with E-state index in [1.165, 1.54) is 24.9 Å². The SMILES string of the molecule is CCN(Cc1ccoc1CN)CC1CC1. The van der Waals surface area contributed by atoms with Gasteiger partial charge in [-0.1, -0.05) is 6.92 Å². The third-order valence-corrected chi connectivity index (χ3v) is 3.08. The van der Waals surface area contributed by atoms with E-state index in [0.717, 1.165) is 24.8 Å². The quantitative estimate of drug-likeness (QED) is 0.777. The molecule has 0 unspecified atom stereocenters. The van der Waals surface area contributed by atoms with Crippen molar-refractivity contribution in [1.82, 2.24) is 4.90 Å². The van der Waals surface area contributed by atoms with Crippen LogP contribution >= 0.6 is 0 Å². The molecule has 1 saturated carbocycles. The summed E-state index contributed by atoms with van der Waals surface area (Å²) in [5, 5.41) is 0. The van der Waals surface area contributed by atoms with Crippen molar-refractivity contribution in [1.29, 1.82) is 0 Å². The van der Waals surface area contributed by atoms with E-state index in [1.54, 1.807) is 6.26 Å². The predicted molar refractivity (Wildman–Crippen MR) is 60.3 cm³/mol. The maximum atomic E-state index is 5.61. The smallest absolute Gasteiger partial charge is 0.121 e. The Morgan fingerprint density at radius 2 is 2.33 bits per heavy atom. The monoisotopic (exact) mass is 208 g/mol. The van der Waals surface area contributed by atoms with Crippen LogP contribution in [0.5, 0.6) is 0 Å². The largest absolute Gasteiger partial charge is 0.468 e. The van der Waals surface area contributed by atoms with E-state index in [0.29, 0.717) is 6.54 Å². The molecule has 1 aromatic heterocycles. The Balaban J connectivity index is 1.92. The average Bonchev–Trinajstić information content (AvgIpc) is 2.95. The fourth-order valence-corrected chi connectivity index (χ4v) is 1.90. The summed E-state index contributed by atoms with van der Waals surface area (Å²) in [5.74, 6) is 1.88. The van der Waals surface area contributed by atoms with Gasteiger partial charge in [0.05, 0.1) is 12.8 Å². The van der Waals surface area contributed by atoms with Gasteiger partial charge in [0.15, 0.2) is 0 Å². The van der Waals surface area contributed by atoms with Crippen molar-refractivity contribution < 1.29 is 4.42 Å². The normalized spacial score (nSPS) is 16.2. The van der Waals surface area contributed by atoms with Crippen LogP contribution in [-0.4, -0.2) is 18.0 Å². The van der Waals surface area contributed by atoms with Crippen LogP contribution in [0.4, 0.5) is 0 Å². The van der Waals surface area contributed by atoms with E-state index in [1.807, 2.05) is 6.07 Å². The van der Waals surface area contributed by atoms with Gasteiger partial charge in [0.1, 0.15) is 5.76 Å². The van der Waals surface area contributed by atoms with Gasteiger partial charge in [-0.05, 0) is 31.4 Å². The van der Waals surface area contributed by atoms with Gasteiger partial charge in [0.2, 0.25) is 0 Å². The molecule has 0 amide bonds. The van der Waals surface area contributed by atoms with E-state index in [9.17, 15) is 0 Å². The lowest BCUT2D eigenvalue weighted by Gasteiger charge is -2.19. The Hall–Kier alpha value is -0.800. The summed E-state index contributed by atoms with van der Waals surface area (Å²) in [4.78, 5) is 2.47. The Labute approximate surface area is 91.2 Å². The van der Waals surface area contributed by atoms with E-state index in [2.05, 4.69) is 11.8 Å². The lowest BCUT2D eigenvalue weighted by atomic mass is 10.2. The molecule has 84 valence electrons. The van der Waals surface area contributed by atoms with Crippen molar-refractivity contribution in [3.63, 3.8) is 0 Å². The molecule has 1 fully saturated rings. The van der Waals surface area contributed by atoms with Gasteiger partial charge in [-0.3, -0.25) is 4.90 Å². The molecule has 0 aliphatic heterocycles. The molecule has 0 radical (unpaired) electrons. The third kappa shape index (κ3) is 2.83. The van der Waals surface area contributed by atoms with Crippen LogP contribution in [0.15, 0.2) is 16.7 Å². The minimum atomic E-state index is 0.503. The summed E-state index contributed by atoms with van der Waals surface area (Å²) in [6, 6.07) is 2.04. The van der Waals surface area contributed by atoms with E-state index in [4.69, 9.17) is 10.2 Å². The van der Waals surface area contributed by atoms with Crippen LogP contribution in [0, 0.1) is 5.92 Å². The maximum absolute atomic E-state index is 5.61. The Morgan fingerprint density at radius 3 is 2.93 bits per heavy atom. The molecule has 1 aliphatic rings. The van der Waals surface area contributed by atoms with E-state index in [-0.39, 0.29) is 0 Å². The van der Waals surface area contributed by atoms with Gasteiger partial charge in [-0.25, -0.2) is 0 Å². The second kappa shape index (κ2) is 4.81. The van der Waals surface area contributed by atoms with Gasteiger partial charge in [0, 0.05) is 18.7 Å². The molecule has 2 rings (SSSR count). The lowest BCUT2D eigenvalue weighted by molar-refractivity contribution is 0.266. The minimum absolute atomic E-state index is 0.503. The molecule has 0 aromatic carbocycles. The third-order valence-electron chi connectivity index (χ3n) is 3.08. The zero-order valence-electron chi connectivity index (χ0n) is 9.41. The van der Waals surface area contributed by atoms with E-state index < -0.39 is 0 Å². The average molecular weight is 208 g/mol. The molecule has 0 saturated heterocycles. The highest BCUT2D eigenvalue weighted by Gasteiger charge is 2.24. The fourth-order valence-electron chi connectivity index (χ4n) is 1.90. The van der Waals surface area contributed by atoms with Crippen molar-refractivity contribution in [3.8, 4) is 0 Å². The first-order valence-electron chi connectivity index (χ1n) is 5.81. The Bertz CT molecular complexity index is 304. The molecule has 1 aliphatic carbocycles. The van der Waals surface area contributed by atoms with Gasteiger partial charge in [-0.15, -0.1) is 0 Å². The standard InChI is InChI=1S/C12H20N2O/c1-2-14(8-10-3-4-10)9-11-5-6-15-12(11)7-13/h5-6,10H,2-4,7-9,13H2,1H3. The highest BCUT2D eigenvalue weighted by molar-refractivity contribution is 5.16. The molecule has 1 aromatic rings. The zero-order valence-corrected chi connectivity index (χ0v) is 9.41. The van der Waals surface area contributed by atoms with Gasteiger partial charge in [-0.2, -0.15) is 0 Å². The highest BCUT2D eigenvalue weighted by atomic mass is 16.3. The van der Waals surface area contributed by atoms with Crippen LogP contribution in [0.2, 0.25) is 0 Å². The molecule has 0 bridgehead atoms. The van der Waals surface area contributed by atoms with Crippen LogP contribution in [0.25, 0.3) is 0 Å². The summed E-state index contributed by atoms with van der Waals surface area (Å²) in [6.45, 7) is 6.03. The molecule has 3 heteroatoms. The van der Waals surface area contributed by atoms with E-state index >= 15 is 0 Å². The number of nitrogens with zero attached hydrogens (tertiary/aromatic N) is 1. The summed E-state index contributed by atoms with van der Waals surface area (Å²) >= 11 is 0. The van der Waals surface area contributed by atoms with Gasteiger partial charge >= 0.3 is 0 Å². The second-order valence-corrected chi connectivity index (χ2v) is 4.34. The number of hydrogen-bond acceptors (Lipinski definition) is 3. The Morgan fingerprint density at radius 1 is 1.53 bits per heavy atom. The minimum Gasteiger partial charge on any atom is -0.468 e. The number of rotatable bonds is 6. The van der Waals surface area contributed by atoms with Crippen LogP contribution in [0.1, 0.15) is 31.1 Å². The van der Waals surface area contributed by atoms with Crippen LogP contribution in [-0.2, 0) is 13.1 Å². The first kappa shape index (κ1) is 10.7. The summed E-state index contributed by atoms with van der Waals surface area (Å²) < 4.78 is 5.33. The van der Waals surface area contributed by atoms with Crippen LogP contribution in [0.3, 0.4) is 0 Å². The first-order valence-corrected chi connectivity index (χ1v) is 5.81. The van der Waals surface area contributed by atoms with Crippen molar-refractivity contribution in [2.24, 2.45) is 11.7 Å². The lowest BCUT2D eigenvalue weighted by Crippen LogP contribution is -2.25. The number of hydrogen-bond donors (Lipinski definition) is 1. The van der Waals surface area contributed by atoms with Gasteiger partial charge in [0.25, 0.3) is 0 Å². The predicted octanol–water partition coefficient (Wildman–Crippen LogP) is 1.97. The molecule has 0 atom stereocenters. The first-order chi connectivity index (χ1) is 7.33. The fraction of sp³-hybridized carbons (Fsp3) is 0.667. The number of nitrogens with two attached hydrogens (primary N) is 1. The van der Waals surface area contributed by atoms with Crippen molar-refractivity contribution in [2.75, 3.05) is 13.1 Å². The van der Waals surface area contributed by atoms with Crippen molar-refractivity contribution >= 4 is 0 Å². The topological polar surface area (TPSA) is 42.4 Å². The molecule has 1 heterocycles. The highest BCUT2D eigenvalue weighted by Crippen LogP contribution is 2.30. The molecule has 3 nitrogen and oxygen atoms in total. The number of furan rings is 1. The van der Waals surface area contributed by atoms with Gasteiger partial charge < -0.3 is 10.2 Å². The Kier molecular flexibility index (Phi) is 3.44. The van der Waals surface area contributed by atoms with Crippen molar-refractivity contribution in [3.05, 3.63) is 23.7 Å². The molecular weight excluding hydrogens is 188 g/mol. The molecule has 2 N–H and O–H groups in total. The van der Waals surface area contributed by atoms with Crippen LogP contribution < -0.4 is 5.73 Å². The summed E-state index contributed by atoms with van der Waals surface area (Å²) in [5.41, 5.74) is 6.86. The summed E-state index contributed by atoms with van der Waals surface area (Å²) in [7, 11) is 0. The zero-order chi connectivity index (χ0) is 10.7. The maximum Gasteiger partial charge on any atom is 0.121 e.